The zero-order valence-corrected chi connectivity index (χ0v) is 18.4. The van der Waals surface area contributed by atoms with Crippen LogP contribution >= 0.6 is 15.9 Å². The topological polar surface area (TPSA) is 85.2 Å². The van der Waals surface area contributed by atoms with Crippen molar-refractivity contribution in [3.8, 4) is 11.5 Å². The maximum atomic E-state index is 11.4. The van der Waals surface area contributed by atoms with Gasteiger partial charge in [-0.3, -0.25) is 0 Å². The quantitative estimate of drug-likeness (QED) is 0.520. The van der Waals surface area contributed by atoms with Crippen LogP contribution in [0.5, 0.6) is 11.5 Å². The summed E-state index contributed by atoms with van der Waals surface area (Å²) in [5.41, 5.74) is 1.89. The number of aliphatic hydroxyl groups is 1. The summed E-state index contributed by atoms with van der Waals surface area (Å²) in [4.78, 5) is 11.4. The Balaban J connectivity index is 1.87. The second-order valence-electron chi connectivity index (χ2n) is 7.07. The first-order valence-electron chi connectivity index (χ1n) is 9.41. The molecule has 0 aliphatic rings. The number of aliphatic carboxylic acids is 1. The van der Waals surface area contributed by atoms with Crippen molar-refractivity contribution in [3.63, 3.8) is 0 Å². The maximum absolute atomic E-state index is 11.4. The molecule has 0 spiro atoms. The highest BCUT2D eigenvalue weighted by atomic mass is 79.9. The highest BCUT2D eigenvalue weighted by Crippen LogP contribution is 2.26. The Morgan fingerprint density at radius 2 is 1.83 bits per heavy atom. The fourth-order valence-corrected chi connectivity index (χ4v) is 3.26. The number of ether oxygens (including phenoxy) is 3. The van der Waals surface area contributed by atoms with Gasteiger partial charge in [-0.1, -0.05) is 18.2 Å². The highest BCUT2D eigenvalue weighted by Gasteiger charge is 2.20. The van der Waals surface area contributed by atoms with Crippen molar-refractivity contribution < 1.29 is 29.2 Å². The lowest BCUT2D eigenvalue weighted by Gasteiger charge is -2.17. The molecular weight excluding hydrogens is 440 g/mol. The van der Waals surface area contributed by atoms with E-state index in [1.54, 1.807) is 32.0 Å². The minimum absolute atomic E-state index is 0.0534. The Morgan fingerprint density at radius 1 is 1.10 bits per heavy atom. The van der Waals surface area contributed by atoms with E-state index in [0.29, 0.717) is 11.5 Å². The molecule has 0 unspecified atom stereocenters. The van der Waals surface area contributed by atoms with Gasteiger partial charge >= 0.3 is 5.97 Å². The first-order valence-corrected chi connectivity index (χ1v) is 10.2. The van der Waals surface area contributed by atoms with E-state index in [0.717, 1.165) is 15.6 Å². The summed E-state index contributed by atoms with van der Waals surface area (Å²) in [5.74, 6) is 0.202. The van der Waals surface area contributed by atoms with Crippen LogP contribution in [0.4, 0.5) is 0 Å². The zero-order chi connectivity index (χ0) is 21.4. The van der Waals surface area contributed by atoms with E-state index in [1.165, 1.54) is 0 Å². The van der Waals surface area contributed by atoms with Crippen molar-refractivity contribution in [2.75, 3.05) is 13.2 Å². The molecule has 7 heteroatoms. The number of carbonyl (C=O) groups is 1. The summed E-state index contributed by atoms with van der Waals surface area (Å²) in [5, 5.41) is 19.5. The number of hydrogen-bond donors (Lipinski definition) is 2. The van der Waals surface area contributed by atoms with Crippen LogP contribution in [-0.2, 0) is 16.0 Å². The van der Waals surface area contributed by atoms with Crippen molar-refractivity contribution in [2.24, 2.45) is 0 Å². The average molecular weight is 467 g/mol. The third-order valence-corrected chi connectivity index (χ3v) is 4.61. The molecule has 0 saturated heterocycles. The molecular formula is C22H27BrO6. The molecule has 2 aromatic rings. The number of halogens is 1. The Morgan fingerprint density at radius 3 is 2.48 bits per heavy atom. The van der Waals surface area contributed by atoms with Crippen LogP contribution in [0.3, 0.4) is 0 Å². The predicted molar refractivity (Wildman–Crippen MR) is 114 cm³/mol. The third-order valence-electron chi connectivity index (χ3n) is 3.99. The fraction of sp³-hybridized carbons (Fsp3) is 0.409. The molecule has 2 atom stereocenters. The maximum Gasteiger partial charge on any atom is 0.333 e. The lowest BCUT2D eigenvalue weighted by atomic mass is 10.1. The average Bonchev–Trinajstić information content (AvgIpc) is 2.65. The van der Waals surface area contributed by atoms with Gasteiger partial charge in [0.1, 0.15) is 30.8 Å². The molecule has 0 bridgehead atoms. The lowest BCUT2D eigenvalue weighted by molar-refractivity contribution is -0.153. The molecule has 29 heavy (non-hydrogen) atoms. The Labute approximate surface area is 179 Å². The number of benzene rings is 2. The number of aliphatic hydroxyl groups excluding tert-OH is 1. The SMILES string of the molecule is Cc1ccc(OC[C@@H](O)COc2cccc(C[C@H](OC(C)C)C(=O)O)c2)c(Br)c1. The van der Waals surface area contributed by atoms with Crippen LogP contribution < -0.4 is 9.47 Å². The first-order chi connectivity index (χ1) is 13.7. The smallest absolute Gasteiger partial charge is 0.333 e. The molecule has 0 heterocycles. The zero-order valence-electron chi connectivity index (χ0n) is 16.8. The summed E-state index contributed by atoms with van der Waals surface area (Å²) >= 11 is 3.44. The van der Waals surface area contributed by atoms with E-state index in [4.69, 9.17) is 14.2 Å². The predicted octanol–water partition coefficient (Wildman–Crippen LogP) is 4.00. The minimum atomic E-state index is -1.00. The Hall–Kier alpha value is -2.09. The summed E-state index contributed by atoms with van der Waals surface area (Å²) in [7, 11) is 0. The van der Waals surface area contributed by atoms with Crippen molar-refractivity contribution in [1.82, 2.24) is 0 Å². The van der Waals surface area contributed by atoms with Crippen LogP contribution in [0.1, 0.15) is 25.0 Å². The molecule has 0 saturated carbocycles. The van der Waals surface area contributed by atoms with Gasteiger partial charge in [-0.15, -0.1) is 0 Å². The number of aryl methyl sites for hydroxylation is 1. The molecule has 0 aliphatic heterocycles. The molecule has 158 valence electrons. The third kappa shape index (κ3) is 8.04. The fourth-order valence-electron chi connectivity index (χ4n) is 2.65. The number of carboxylic acids is 1. The van der Waals surface area contributed by atoms with Crippen LogP contribution in [0.15, 0.2) is 46.9 Å². The first kappa shape index (κ1) is 23.2. The van der Waals surface area contributed by atoms with E-state index >= 15 is 0 Å². The largest absolute Gasteiger partial charge is 0.491 e. The molecule has 2 aromatic carbocycles. The number of hydrogen-bond acceptors (Lipinski definition) is 5. The van der Waals surface area contributed by atoms with E-state index in [9.17, 15) is 15.0 Å². The van der Waals surface area contributed by atoms with Gasteiger partial charge in [0.2, 0.25) is 0 Å². The standard InChI is InChI=1S/C22H27BrO6/c1-14(2)29-21(22(25)26)11-16-5-4-6-18(10-16)27-12-17(24)13-28-20-8-7-15(3)9-19(20)23/h4-10,14,17,21,24H,11-13H2,1-3H3,(H,25,26)/t17-,21-/m0/s1. The van der Waals surface area contributed by atoms with Gasteiger partial charge in [0.15, 0.2) is 6.10 Å². The summed E-state index contributed by atoms with van der Waals surface area (Å²) in [6.07, 6.45) is -1.68. The lowest BCUT2D eigenvalue weighted by Crippen LogP contribution is -2.29. The molecule has 0 aromatic heterocycles. The molecule has 2 rings (SSSR count). The van der Waals surface area contributed by atoms with Crippen LogP contribution in [-0.4, -0.2) is 47.7 Å². The number of rotatable bonds is 11. The van der Waals surface area contributed by atoms with E-state index in [-0.39, 0.29) is 25.7 Å². The molecule has 0 fully saturated rings. The Bertz CT molecular complexity index is 808. The normalized spacial score (nSPS) is 13.2. The summed E-state index contributed by atoms with van der Waals surface area (Å²) < 4.78 is 17.5. The van der Waals surface area contributed by atoms with E-state index in [1.807, 2.05) is 31.2 Å². The molecule has 0 radical (unpaired) electrons. The van der Waals surface area contributed by atoms with Gasteiger partial charge in [-0.05, 0) is 72.1 Å². The van der Waals surface area contributed by atoms with Gasteiger partial charge in [0, 0.05) is 6.42 Å². The van der Waals surface area contributed by atoms with Crippen molar-refractivity contribution in [2.45, 2.75) is 45.5 Å². The van der Waals surface area contributed by atoms with Crippen LogP contribution in [0.2, 0.25) is 0 Å². The van der Waals surface area contributed by atoms with Gasteiger partial charge in [-0.25, -0.2) is 4.79 Å². The van der Waals surface area contributed by atoms with Crippen molar-refractivity contribution in [1.29, 1.82) is 0 Å². The van der Waals surface area contributed by atoms with Crippen LogP contribution in [0, 0.1) is 6.92 Å². The molecule has 0 aliphatic carbocycles. The summed E-state index contributed by atoms with van der Waals surface area (Å²) in [6, 6.07) is 12.8. The minimum Gasteiger partial charge on any atom is -0.491 e. The van der Waals surface area contributed by atoms with Crippen molar-refractivity contribution >= 4 is 21.9 Å². The van der Waals surface area contributed by atoms with Crippen molar-refractivity contribution in [3.05, 3.63) is 58.1 Å². The summed E-state index contributed by atoms with van der Waals surface area (Å²) in [6.45, 7) is 5.73. The number of carboxylic acid groups (broad SMARTS) is 1. The van der Waals surface area contributed by atoms with E-state index < -0.39 is 18.2 Å². The van der Waals surface area contributed by atoms with Gasteiger partial charge < -0.3 is 24.4 Å². The van der Waals surface area contributed by atoms with Gasteiger partial charge in [0.25, 0.3) is 0 Å². The van der Waals surface area contributed by atoms with Gasteiger partial charge in [-0.2, -0.15) is 0 Å². The Kier molecular flexibility index (Phi) is 8.95. The van der Waals surface area contributed by atoms with Crippen LogP contribution in [0.25, 0.3) is 0 Å². The van der Waals surface area contributed by atoms with Gasteiger partial charge in [0.05, 0.1) is 10.6 Å². The second-order valence-corrected chi connectivity index (χ2v) is 7.93. The van der Waals surface area contributed by atoms with E-state index in [2.05, 4.69) is 15.9 Å². The molecule has 2 N–H and O–H groups in total. The highest BCUT2D eigenvalue weighted by molar-refractivity contribution is 9.10. The second kappa shape index (κ2) is 11.2. The molecule has 6 nitrogen and oxygen atoms in total. The monoisotopic (exact) mass is 466 g/mol. The molecule has 0 amide bonds.